The Bertz CT molecular complexity index is 1360. The number of benzene rings is 3. The second-order valence-electron chi connectivity index (χ2n) is 6.89. The first-order chi connectivity index (χ1) is 14.8. The molecule has 5 rings (SSSR count). The SMILES string of the molecule is O=C(/C=C/c1cccc2cccnc12)Nc1ccccc1-c1nc2ccccc2[nH]1. The average Bonchev–Trinajstić information content (AvgIpc) is 3.22. The number of carbonyl (C=O) groups excluding carboxylic acids is 1. The highest BCUT2D eigenvalue weighted by atomic mass is 16.1. The van der Waals surface area contributed by atoms with Gasteiger partial charge in [0.2, 0.25) is 5.91 Å². The molecule has 0 saturated heterocycles. The van der Waals surface area contributed by atoms with Crippen molar-refractivity contribution in [2.45, 2.75) is 0 Å². The van der Waals surface area contributed by atoms with Crippen LogP contribution in [0.3, 0.4) is 0 Å². The second-order valence-corrected chi connectivity index (χ2v) is 6.89. The smallest absolute Gasteiger partial charge is 0.248 e. The minimum absolute atomic E-state index is 0.216. The number of nitrogens with one attached hydrogen (secondary N) is 2. The zero-order valence-electron chi connectivity index (χ0n) is 16.0. The molecule has 2 aromatic heterocycles. The summed E-state index contributed by atoms with van der Waals surface area (Å²) in [4.78, 5) is 25.0. The maximum atomic E-state index is 12.6. The molecule has 144 valence electrons. The summed E-state index contributed by atoms with van der Waals surface area (Å²) in [5, 5.41) is 4.00. The largest absolute Gasteiger partial charge is 0.338 e. The van der Waals surface area contributed by atoms with Crippen molar-refractivity contribution >= 4 is 39.6 Å². The first-order valence-electron chi connectivity index (χ1n) is 9.65. The molecular weight excluding hydrogens is 372 g/mol. The molecular formula is C25H18N4O. The summed E-state index contributed by atoms with van der Waals surface area (Å²) in [6.45, 7) is 0. The van der Waals surface area contributed by atoms with Gasteiger partial charge in [0.1, 0.15) is 5.82 Å². The van der Waals surface area contributed by atoms with Crippen molar-refractivity contribution in [1.29, 1.82) is 0 Å². The molecule has 30 heavy (non-hydrogen) atoms. The highest BCUT2D eigenvalue weighted by molar-refractivity contribution is 6.05. The molecule has 0 bridgehead atoms. The van der Waals surface area contributed by atoms with Crippen LogP contribution in [0.2, 0.25) is 0 Å². The number of carbonyl (C=O) groups is 1. The molecule has 3 aromatic carbocycles. The zero-order valence-corrected chi connectivity index (χ0v) is 16.0. The third-order valence-electron chi connectivity index (χ3n) is 4.91. The highest BCUT2D eigenvalue weighted by Crippen LogP contribution is 2.27. The quantitative estimate of drug-likeness (QED) is 0.402. The van der Waals surface area contributed by atoms with E-state index >= 15 is 0 Å². The first kappa shape index (κ1) is 17.8. The van der Waals surface area contributed by atoms with Crippen molar-refractivity contribution in [1.82, 2.24) is 15.0 Å². The standard InChI is InChI=1S/C25H18N4O/c30-23(15-14-18-8-5-7-17-9-6-16-26-24(17)18)27-20-11-2-1-10-19(20)25-28-21-12-3-4-13-22(21)29-25/h1-16H,(H,27,30)(H,28,29)/b15-14+. The molecule has 5 aromatic rings. The van der Waals surface area contributed by atoms with Gasteiger partial charge in [-0.1, -0.05) is 48.5 Å². The number of nitrogens with zero attached hydrogens (tertiary/aromatic N) is 2. The molecule has 2 heterocycles. The second kappa shape index (κ2) is 7.64. The summed E-state index contributed by atoms with van der Waals surface area (Å²) >= 11 is 0. The van der Waals surface area contributed by atoms with Gasteiger partial charge >= 0.3 is 0 Å². The van der Waals surface area contributed by atoms with Crippen LogP contribution in [0.1, 0.15) is 5.56 Å². The molecule has 0 aliphatic carbocycles. The Kier molecular flexibility index (Phi) is 4.54. The van der Waals surface area contributed by atoms with Crippen molar-refractivity contribution in [2.75, 3.05) is 5.32 Å². The predicted molar refractivity (Wildman–Crippen MR) is 121 cm³/mol. The van der Waals surface area contributed by atoms with Crippen LogP contribution >= 0.6 is 0 Å². The van der Waals surface area contributed by atoms with Crippen LogP contribution in [0.25, 0.3) is 39.4 Å². The van der Waals surface area contributed by atoms with E-state index in [1.54, 1.807) is 12.3 Å². The molecule has 5 nitrogen and oxygen atoms in total. The first-order valence-corrected chi connectivity index (χ1v) is 9.65. The summed E-state index contributed by atoms with van der Waals surface area (Å²) in [7, 11) is 0. The Labute approximate surface area is 173 Å². The van der Waals surface area contributed by atoms with E-state index in [0.29, 0.717) is 11.5 Å². The summed E-state index contributed by atoms with van der Waals surface area (Å²) in [6, 6.07) is 25.3. The van der Waals surface area contributed by atoms with Gasteiger partial charge < -0.3 is 10.3 Å². The minimum Gasteiger partial charge on any atom is -0.338 e. The summed E-state index contributed by atoms with van der Waals surface area (Å²) in [5.74, 6) is 0.501. The molecule has 0 saturated carbocycles. The topological polar surface area (TPSA) is 70.7 Å². The van der Waals surface area contributed by atoms with Crippen LogP contribution in [-0.2, 0) is 4.79 Å². The number of amides is 1. The van der Waals surface area contributed by atoms with Crippen LogP contribution in [-0.4, -0.2) is 20.9 Å². The number of pyridine rings is 1. The average molecular weight is 390 g/mol. The lowest BCUT2D eigenvalue weighted by Gasteiger charge is -2.07. The lowest BCUT2D eigenvalue weighted by molar-refractivity contribution is -0.111. The fourth-order valence-corrected chi connectivity index (χ4v) is 3.48. The predicted octanol–water partition coefficient (Wildman–Crippen LogP) is 5.43. The van der Waals surface area contributed by atoms with Crippen molar-refractivity contribution in [3.63, 3.8) is 0 Å². The summed E-state index contributed by atoms with van der Waals surface area (Å²) in [6.07, 6.45) is 5.07. The summed E-state index contributed by atoms with van der Waals surface area (Å²) in [5.41, 5.74) is 5.14. The van der Waals surface area contributed by atoms with Crippen molar-refractivity contribution < 1.29 is 4.79 Å². The normalized spacial score (nSPS) is 11.3. The lowest BCUT2D eigenvalue weighted by Crippen LogP contribution is -2.09. The Morgan fingerprint density at radius 1 is 0.900 bits per heavy atom. The monoisotopic (exact) mass is 390 g/mol. The highest BCUT2D eigenvalue weighted by Gasteiger charge is 2.11. The van der Waals surface area contributed by atoms with E-state index in [1.165, 1.54) is 6.08 Å². The van der Waals surface area contributed by atoms with E-state index < -0.39 is 0 Å². The van der Waals surface area contributed by atoms with E-state index in [-0.39, 0.29) is 5.91 Å². The number of aromatic amines is 1. The Balaban J connectivity index is 1.42. The molecule has 0 spiro atoms. The van der Waals surface area contributed by atoms with Gasteiger partial charge in [-0.25, -0.2) is 4.98 Å². The fraction of sp³-hybridized carbons (Fsp3) is 0. The van der Waals surface area contributed by atoms with Crippen molar-refractivity contribution in [3.05, 3.63) is 96.7 Å². The zero-order chi connectivity index (χ0) is 20.3. The fourth-order valence-electron chi connectivity index (χ4n) is 3.48. The third-order valence-corrected chi connectivity index (χ3v) is 4.91. The molecule has 0 radical (unpaired) electrons. The van der Waals surface area contributed by atoms with Crippen LogP contribution in [0, 0.1) is 0 Å². The number of aromatic nitrogens is 3. The third kappa shape index (κ3) is 3.44. The number of rotatable bonds is 4. The number of anilines is 1. The maximum absolute atomic E-state index is 12.6. The van der Waals surface area contributed by atoms with Crippen molar-refractivity contribution in [3.8, 4) is 11.4 Å². The Morgan fingerprint density at radius 2 is 1.73 bits per heavy atom. The van der Waals surface area contributed by atoms with Gasteiger partial charge in [-0.3, -0.25) is 9.78 Å². The van der Waals surface area contributed by atoms with Crippen LogP contribution in [0.15, 0.2) is 91.1 Å². The minimum atomic E-state index is -0.216. The Hall–Kier alpha value is -4.25. The van der Waals surface area contributed by atoms with Crippen LogP contribution in [0.5, 0.6) is 0 Å². The van der Waals surface area contributed by atoms with Gasteiger partial charge in [0.15, 0.2) is 0 Å². The molecule has 0 atom stereocenters. The Morgan fingerprint density at radius 3 is 2.67 bits per heavy atom. The lowest BCUT2D eigenvalue weighted by atomic mass is 10.1. The molecule has 0 fully saturated rings. The van der Waals surface area contributed by atoms with E-state index in [4.69, 9.17) is 0 Å². The molecule has 0 aliphatic heterocycles. The van der Waals surface area contributed by atoms with Gasteiger partial charge in [-0.2, -0.15) is 0 Å². The number of fused-ring (bicyclic) bond motifs is 2. The number of para-hydroxylation sites is 4. The number of H-pyrrole nitrogens is 1. The number of hydrogen-bond acceptors (Lipinski definition) is 3. The van der Waals surface area contributed by atoms with E-state index in [1.807, 2.05) is 78.9 Å². The molecule has 5 heteroatoms. The van der Waals surface area contributed by atoms with Gasteiger partial charge in [-0.05, 0) is 36.4 Å². The van der Waals surface area contributed by atoms with E-state index in [0.717, 1.165) is 33.1 Å². The van der Waals surface area contributed by atoms with Gasteiger partial charge in [-0.15, -0.1) is 0 Å². The molecule has 0 aliphatic rings. The molecule has 2 N–H and O–H groups in total. The molecule has 1 amide bonds. The maximum Gasteiger partial charge on any atom is 0.248 e. The molecule has 0 unspecified atom stereocenters. The number of hydrogen-bond donors (Lipinski definition) is 2. The summed E-state index contributed by atoms with van der Waals surface area (Å²) < 4.78 is 0. The van der Waals surface area contributed by atoms with Gasteiger partial charge in [0, 0.05) is 28.8 Å². The van der Waals surface area contributed by atoms with E-state index in [2.05, 4.69) is 20.3 Å². The van der Waals surface area contributed by atoms with E-state index in [9.17, 15) is 4.79 Å². The van der Waals surface area contributed by atoms with Crippen LogP contribution < -0.4 is 5.32 Å². The van der Waals surface area contributed by atoms with Crippen molar-refractivity contribution in [2.24, 2.45) is 0 Å². The van der Waals surface area contributed by atoms with Crippen LogP contribution in [0.4, 0.5) is 5.69 Å². The van der Waals surface area contributed by atoms with Gasteiger partial charge in [0.25, 0.3) is 0 Å². The van der Waals surface area contributed by atoms with Gasteiger partial charge in [0.05, 0.1) is 22.2 Å². The number of imidazole rings is 1.